The van der Waals surface area contributed by atoms with Crippen LogP contribution in [-0.4, -0.2) is 32.0 Å². The largest absolute Gasteiger partial charge is 0.497 e. The van der Waals surface area contributed by atoms with Gasteiger partial charge in [0.1, 0.15) is 5.75 Å². The van der Waals surface area contributed by atoms with Gasteiger partial charge in [-0.3, -0.25) is 9.59 Å². The second-order valence-electron chi connectivity index (χ2n) is 5.06. The first kappa shape index (κ1) is 18.0. The summed E-state index contributed by atoms with van der Waals surface area (Å²) in [7, 11) is 2.83. The molecule has 0 unspecified atom stereocenters. The lowest BCUT2D eigenvalue weighted by atomic mass is 10.2. The molecule has 0 heterocycles. The van der Waals surface area contributed by atoms with Gasteiger partial charge in [0.25, 0.3) is 0 Å². The molecule has 0 saturated carbocycles. The van der Waals surface area contributed by atoms with E-state index in [-0.39, 0.29) is 6.54 Å². The number of hydrogen-bond donors (Lipinski definition) is 2. The number of carbonyl (C=O) groups excluding carboxylic acids is 3. The van der Waals surface area contributed by atoms with E-state index in [1.807, 2.05) is 6.07 Å². The van der Waals surface area contributed by atoms with E-state index in [0.717, 1.165) is 5.56 Å². The van der Waals surface area contributed by atoms with E-state index < -0.39 is 17.8 Å². The third-order valence-corrected chi connectivity index (χ3v) is 3.36. The minimum Gasteiger partial charge on any atom is -0.497 e. The molecule has 7 nitrogen and oxygen atoms in total. The Morgan fingerprint density at radius 2 is 1.68 bits per heavy atom. The van der Waals surface area contributed by atoms with Gasteiger partial charge >= 0.3 is 17.8 Å². The predicted octanol–water partition coefficient (Wildman–Crippen LogP) is 1.74. The van der Waals surface area contributed by atoms with Crippen LogP contribution in [0.2, 0.25) is 0 Å². The maximum absolute atomic E-state index is 11.9. The van der Waals surface area contributed by atoms with Gasteiger partial charge < -0.3 is 20.1 Å². The van der Waals surface area contributed by atoms with Crippen LogP contribution < -0.4 is 15.4 Å². The van der Waals surface area contributed by atoms with Crippen LogP contribution in [0.15, 0.2) is 48.5 Å². The van der Waals surface area contributed by atoms with E-state index in [1.165, 1.54) is 31.4 Å². The number of anilines is 1. The van der Waals surface area contributed by atoms with Gasteiger partial charge in [0.05, 0.1) is 19.8 Å². The molecular formula is C18H18N2O5. The molecule has 0 saturated heterocycles. The zero-order valence-corrected chi connectivity index (χ0v) is 13.9. The van der Waals surface area contributed by atoms with Crippen LogP contribution in [0.5, 0.6) is 5.75 Å². The highest BCUT2D eigenvalue weighted by Gasteiger charge is 2.14. The number of amides is 2. The number of nitrogens with one attached hydrogen (secondary N) is 2. The van der Waals surface area contributed by atoms with Gasteiger partial charge in [0.15, 0.2) is 0 Å². The average Bonchev–Trinajstić information content (AvgIpc) is 2.66. The lowest BCUT2D eigenvalue weighted by molar-refractivity contribution is -0.136. The van der Waals surface area contributed by atoms with Crippen LogP contribution in [0.3, 0.4) is 0 Å². The number of ether oxygens (including phenoxy) is 2. The average molecular weight is 342 g/mol. The van der Waals surface area contributed by atoms with Crippen molar-refractivity contribution < 1.29 is 23.9 Å². The van der Waals surface area contributed by atoms with Gasteiger partial charge in [-0.1, -0.05) is 12.1 Å². The summed E-state index contributed by atoms with van der Waals surface area (Å²) in [4.78, 5) is 35.1. The molecule has 2 N–H and O–H groups in total. The molecule has 0 aliphatic heterocycles. The number of rotatable bonds is 5. The predicted molar refractivity (Wildman–Crippen MR) is 91.3 cm³/mol. The van der Waals surface area contributed by atoms with Gasteiger partial charge in [-0.15, -0.1) is 0 Å². The maximum Gasteiger partial charge on any atom is 0.337 e. The molecule has 0 aliphatic carbocycles. The monoisotopic (exact) mass is 342 g/mol. The molecular weight excluding hydrogens is 324 g/mol. The van der Waals surface area contributed by atoms with E-state index in [0.29, 0.717) is 17.0 Å². The fraction of sp³-hybridized carbons (Fsp3) is 0.167. The molecule has 0 fully saturated rings. The summed E-state index contributed by atoms with van der Waals surface area (Å²) < 4.78 is 9.68. The smallest absolute Gasteiger partial charge is 0.337 e. The van der Waals surface area contributed by atoms with Gasteiger partial charge in [0.2, 0.25) is 0 Å². The number of carbonyl (C=O) groups is 3. The number of esters is 1. The first-order valence-corrected chi connectivity index (χ1v) is 7.44. The fourth-order valence-corrected chi connectivity index (χ4v) is 2.04. The Bertz CT molecular complexity index is 771. The molecule has 2 rings (SSSR count). The van der Waals surface area contributed by atoms with E-state index in [1.54, 1.807) is 25.3 Å². The summed E-state index contributed by atoms with van der Waals surface area (Å²) in [6.45, 7) is 0.199. The minimum atomic E-state index is -0.797. The van der Waals surface area contributed by atoms with Crippen molar-refractivity contribution in [1.29, 1.82) is 0 Å². The van der Waals surface area contributed by atoms with Gasteiger partial charge in [-0.2, -0.15) is 0 Å². The standard InChI is InChI=1S/C18H18N2O5/c1-24-15-5-3-4-12(10-15)11-19-16(21)17(22)20-14-8-6-13(7-9-14)18(23)25-2/h3-10H,11H2,1-2H3,(H,19,21)(H,20,22). The van der Waals surface area contributed by atoms with Crippen LogP contribution in [0.25, 0.3) is 0 Å². The van der Waals surface area contributed by atoms with Crippen molar-refractivity contribution in [3.05, 3.63) is 59.7 Å². The molecule has 2 aromatic carbocycles. The summed E-state index contributed by atoms with van der Waals surface area (Å²) in [6, 6.07) is 13.2. The summed E-state index contributed by atoms with van der Waals surface area (Å²) in [5, 5.41) is 4.99. The van der Waals surface area contributed by atoms with Crippen molar-refractivity contribution in [2.45, 2.75) is 6.54 Å². The van der Waals surface area contributed by atoms with Crippen molar-refractivity contribution in [1.82, 2.24) is 5.32 Å². The molecule has 0 radical (unpaired) electrons. The highest BCUT2D eigenvalue weighted by molar-refractivity contribution is 6.39. The highest BCUT2D eigenvalue weighted by Crippen LogP contribution is 2.12. The van der Waals surface area contributed by atoms with Crippen LogP contribution in [-0.2, 0) is 20.9 Å². The minimum absolute atomic E-state index is 0.199. The second-order valence-corrected chi connectivity index (χ2v) is 5.06. The number of methoxy groups -OCH3 is 2. The Hall–Kier alpha value is -3.35. The summed E-state index contributed by atoms with van der Waals surface area (Å²) >= 11 is 0. The van der Waals surface area contributed by atoms with Crippen molar-refractivity contribution >= 4 is 23.5 Å². The Labute approximate surface area is 144 Å². The van der Waals surface area contributed by atoms with Crippen LogP contribution in [0.4, 0.5) is 5.69 Å². The normalized spacial score (nSPS) is 9.84. The zero-order valence-electron chi connectivity index (χ0n) is 13.9. The topological polar surface area (TPSA) is 93.7 Å². The van der Waals surface area contributed by atoms with E-state index in [4.69, 9.17) is 4.74 Å². The molecule has 2 amide bonds. The molecule has 130 valence electrons. The SMILES string of the molecule is COC(=O)c1ccc(NC(=O)C(=O)NCc2cccc(OC)c2)cc1. The number of hydrogen-bond acceptors (Lipinski definition) is 5. The van der Waals surface area contributed by atoms with Gasteiger partial charge in [-0.25, -0.2) is 4.79 Å². The third-order valence-electron chi connectivity index (χ3n) is 3.36. The van der Waals surface area contributed by atoms with Crippen molar-refractivity contribution in [2.75, 3.05) is 19.5 Å². The van der Waals surface area contributed by atoms with Gasteiger partial charge in [0, 0.05) is 12.2 Å². The Morgan fingerprint density at radius 3 is 2.32 bits per heavy atom. The molecule has 0 spiro atoms. The van der Waals surface area contributed by atoms with E-state index >= 15 is 0 Å². The summed E-state index contributed by atoms with van der Waals surface area (Å²) in [5.74, 6) is -1.37. The number of benzene rings is 2. The van der Waals surface area contributed by atoms with E-state index in [9.17, 15) is 14.4 Å². The Morgan fingerprint density at radius 1 is 0.960 bits per heavy atom. The van der Waals surface area contributed by atoms with Gasteiger partial charge in [-0.05, 0) is 42.0 Å². The van der Waals surface area contributed by atoms with Crippen molar-refractivity contribution in [3.8, 4) is 5.75 Å². The lowest BCUT2D eigenvalue weighted by Gasteiger charge is -2.08. The fourth-order valence-electron chi connectivity index (χ4n) is 2.04. The molecule has 25 heavy (non-hydrogen) atoms. The third kappa shape index (κ3) is 5.07. The zero-order chi connectivity index (χ0) is 18.2. The highest BCUT2D eigenvalue weighted by atomic mass is 16.5. The molecule has 0 aliphatic rings. The second kappa shape index (κ2) is 8.49. The van der Waals surface area contributed by atoms with Crippen LogP contribution in [0, 0.1) is 0 Å². The lowest BCUT2D eigenvalue weighted by Crippen LogP contribution is -2.34. The Kier molecular flexibility index (Phi) is 6.11. The molecule has 2 aromatic rings. The first-order valence-electron chi connectivity index (χ1n) is 7.44. The maximum atomic E-state index is 11.9. The molecule has 7 heteroatoms. The van der Waals surface area contributed by atoms with Crippen molar-refractivity contribution in [2.24, 2.45) is 0 Å². The van der Waals surface area contributed by atoms with Crippen LogP contribution in [0.1, 0.15) is 15.9 Å². The molecule has 0 bridgehead atoms. The van der Waals surface area contributed by atoms with Crippen molar-refractivity contribution in [3.63, 3.8) is 0 Å². The molecule has 0 aromatic heterocycles. The van der Waals surface area contributed by atoms with Crippen LogP contribution >= 0.6 is 0 Å². The van der Waals surface area contributed by atoms with E-state index in [2.05, 4.69) is 15.4 Å². The summed E-state index contributed by atoms with van der Waals surface area (Å²) in [5.41, 5.74) is 1.56. The first-order chi connectivity index (χ1) is 12.0. The molecule has 0 atom stereocenters. The summed E-state index contributed by atoms with van der Waals surface area (Å²) in [6.07, 6.45) is 0. The quantitative estimate of drug-likeness (QED) is 0.638. The Balaban J connectivity index is 1.89.